The van der Waals surface area contributed by atoms with Crippen molar-refractivity contribution in [1.82, 2.24) is 15.0 Å². The largest absolute Gasteiger partial charge is 0.311 e. The lowest BCUT2D eigenvalue weighted by atomic mass is 10.2. The molecule has 16 heavy (non-hydrogen) atoms. The first-order chi connectivity index (χ1) is 7.74. The molecule has 1 heterocycles. The maximum atomic E-state index is 4.99. The number of rotatable bonds is 3. The molecule has 3 nitrogen and oxygen atoms in total. The van der Waals surface area contributed by atoms with Crippen molar-refractivity contribution in [2.75, 3.05) is 0 Å². The van der Waals surface area contributed by atoms with E-state index in [0.29, 0.717) is 9.54 Å². The molecule has 0 fully saturated rings. The van der Waals surface area contributed by atoms with Crippen molar-refractivity contribution in [3.8, 4) is 0 Å². The zero-order valence-electron chi connectivity index (χ0n) is 8.27. The molecule has 82 valence electrons. The van der Waals surface area contributed by atoms with Crippen LogP contribution < -0.4 is 0 Å². The lowest BCUT2D eigenvalue weighted by Gasteiger charge is -2.00. The van der Waals surface area contributed by atoms with Gasteiger partial charge in [0.15, 0.2) is 9.93 Å². The minimum atomic E-state index is 0.416. The molecule has 0 saturated heterocycles. The smallest absolute Gasteiger partial charge is 0.201 e. The molecule has 0 bridgehead atoms. The third-order valence-electron chi connectivity index (χ3n) is 1.86. The van der Waals surface area contributed by atoms with Crippen LogP contribution in [0.2, 0.25) is 0 Å². The highest BCUT2D eigenvalue weighted by molar-refractivity contribution is 7.98. The van der Waals surface area contributed by atoms with E-state index in [0.717, 1.165) is 10.9 Å². The number of hydrogen-bond donors (Lipinski definition) is 2. The Labute approximate surface area is 107 Å². The fourth-order valence-electron chi connectivity index (χ4n) is 1.17. The summed E-state index contributed by atoms with van der Waals surface area (Å²) < 4.78 is 0.926. The fourth-order valence-corrected chi connectivity index (χ4v) is 2.57. The maximum absolute atomic E-state index is 4.99. The van der Waals surface area contributed by atoms with Crippen LogP contribution in [0.5, 0.6) is 0 Å². The highest BCUT2D eigenvalue weighted by Crippen LogP contribution is 2.17. The number of hydrogen-bond acceptors (Lipinski definition) is 4. The Kier molecular flexibility index (Phi) is 3.87. The van der Waals surface area contributed by atoms with Gasteiger partial charge in [0.05, 0.1) is 0 Å². The molecule has 0 aliphatic rings. The molecule has 0 saturated carbocycles. The van der Waals surface area contributed by atoms with E-state index in [1.807, 2.05) is 18.2 Å². The normalized spacial score (nSPS) is 10.2. The minimum absolute atomic E-state index is 0.416. The highest BCUT2D eigenvalue weighted by Gasteiger charge is 1.97. The average Bonchev–Trinajstić information content (AvgIpc) is 2.27. The predicted octanol–water partition coefficient (Wildman–Crippen LogP) is 3.49. The lowest BCUT2D eigenvalue weighted by Crippen LogP contribution is -1.91. The topological polar surface area (TPSA) is 44.5 Å². The SMILES string of the molecule is S=c1nc(SCc2ccccc2)[nH]c(=S)[nH]1. The molecule has 0 unspecified atom stereocenters. The maximum Gasteiger partial charge on any atom is 0.201 e. The van der Waals surface area contributed by atoms with Crippen LogP contribution in [-0.2, 0) is 5.75 Å². The molecule has 0 amide bonds. The molecule has 1 aromatic heterocycles. The van der Waals surface area contributed by atoms with Gasteiger partial charge in [0, 0.05) is 5.75 Å². The Bertz CT molecular complexity index is 545. The van der Waals surface area contributed by atoms with Gasteiger partial charge in [-0.05, 0) is 30.0 Å². The Morgan fingerprint density at radius 3 is 2.56 bits per heavy atom. The Morgan fingerprint density at radius 1 is 1.12 bits per heavy atom. The number of nitrogens with zero attached hydrogens (tertiary/aromatic N) is 1. The van der Waals surface area contributed by atoms with E-state index in [4.69, 9.17) is 24.4 Å². The van der Waals surface area contributed by atoms with Crippen LogP contribution in [-0.4, -0.2) is 15.0 Å². The van der Waals surface area contributed by atoms with E-state index >= 15 is 0 Å². The third kappa shape index (κ3) is 3.26. The van der Waals surface area contributed by atoms with E-state index in [-0.39, 0.29) is 0 Å². The van der Waals surface area contributed by atoms with Crippen LogP contribution in [0, 0.1) is 9.54 Å². The predicted molar refractivity (Wildman–Crippen MR) is 70.6 cm³/mol. The zero-order valence-corrected chi connectivity index (χ0v) is 10.7. The van der Waals surface area contributed by atoms with Gasteiger partial charge in [0.1, 0.15) is 0 Å². The number of H-pyrrole nitrogens is 2. The molecular formula is C10H9N3S3. The summed E-state index contributed by atoms with van der Waals surface area (Å²) in [4.78, 5) is 9.87. The average molecular weight is 267 g/mol. The third-order valence-corrected chi connectivity index (χ3v) is 3.20. The van der Waals surface area contributed by atoms with Gasteiger partial charge in [-0.3, -0.25) is 0 Å². The summed E-state index contributed by atoms with van der Waals surface area (Å²) in [7, 11) is 0. The Morgan fingerprint density at radius 2 is 1.88 bits per heavy atom. The summed E-state index contributed by atoms with van der Waals surface area (Å²) in [5.41, 5.74) is 1.24. The van der Waals surface area contributed by atoms with Crippen molar-refractivity contribution >= 4 is 36.2 Å². The van der Waals surface area contributed by atoms with Gasteiger partial charge < -0.3 is 9.97 Å². The molecule has 2 aromatic rings. The van der Waals surface area contributed by atoms with Gasteiger partial charge in [-0.25, -0.2) is 0 Å². The fraction of sp³-hybridized carbons (Fsp3) is 0.100. The molecule has 2 N–H and O–H groups in total. The van der Waals surface area contributed by atoms with E-state index in [1.54, 1.807) is 11.8 Å². The molecule has 0 spiro atoms. The summed E-state index contributed by atoms with van der Waals surface area (Å²) >= 11 is 11.5. The van der Waals surface area contributed by atoms with Gasteiger partial charge >= 0.3 is 0 Å². The number of aromatic nitrogens is 3. The molecule has 0 aliphatic carbocycles. The van der Waals surface area contributed by atoms with E-state index in [1.165, 1.54) is 5.56 Å². The molecule has 0 atom stereocenters. The number of nitrogens with one attached hydrogen (secondary N) is 2. The van der Waals surface area contributed by atoms with Crippen molar-refractivity contribution in [2.24, 2.45) is 0 Å². The van der Waals surface area contributed by atoms with Crippen molar-refractivity contribution < 1.29 is 0 Å². The van der Waals surface area contributed by atoms with Gasteiger partial charge in [-0.1, -0.05) is 42.1 Å². The highest BCUT2D eigenvalue weighted by atomic mass is 32.2. The summed E-state index contributed by atoms with van der Waals surface area (Å²) in [6.45, 7) is 0. The Balaban J connectivity index is 2.11. The van der Waals surface area contributed by atoms with Crippen molar-refractivity contribution in [2.45, 2.75) is 10.9 Å². The molecule has 1 aromatic carbocycles. The zero-order chi connectivity index (χ0) is 11.4. The van der Waals surface area contributed by atoms with Crippen molar-refractivity contribution in [1.29, 1.82) is 0 Å². The molecular weight excluding hydrogens is 258 g/mol. The van der Waals surface area contributed by atoms with Crippen LogP contribution in [0.4, 0.5) is 0 Å². The summed E-state index contributed by atoms with van der Waals surface area (Å²) in [5.74, 6) is 0.845. The van der Waals surface area contributed by atoms with Gasteiger partial charge in [0.2, 0.25) is 4.77 Å². The quantitative estimate of drug-likeness (QED) is 0.660. The number of aromatic amines is 2. The first-order valence-corrected chi connectivity index (χ1v) is 6.41. The minimum Gasteiger partial charge on any atom is -0.311 e. The second-order valence-corrected chi connectivity index (χ2v) is 4.83. The van der Waals surface area contributed by atoms with E-state index < -0.39 is 0 Å². The second kappa shape index (κ2) is 5.38. The molecule has 2 rings (SSSR count). The van der Waals surface area contributed by atoms with Gasteiger partial charge in [0.25, 0.3) is 0 Å². The molecule has 0 radical (unpaired) electrons. The van der Waals surface area contributed by atoms with Gasteiger partial charge in [-0.2, -0.15) is 4.98 Å². The first-order valence-electron chi connectivity index (χ1n) is 4.61. The van der Waals surface area contributed by atoms with Gasteiger partial charge in [-0.15, -0.1) is 0 Å². The first kappa shape index (κ1) is 11.5. The monoisotopic (exact) mass is 267 g/mol. The Hall–Kier alpha value is -0.980. The summed E-state index contributed by atoms with van der Waals surface area (Å²) in [6.07, 6.45) is 0. The summed E-state index contributed by atoms with van der Waals surface area (Å²) in [6, 6.07) is 10.2. The van der Waals surface area contributed by atoms with Crippen molar-refractivity contribution in [3.05, 3.63) is 45.4 Å². The standard InChI is InChI=1S/C10H9N3S3/c14-8-11-9(15)13-10(12-8)16-6-7-4-2-1-3-5-7/h1-5H,6H2,(H2,11,12,13,14,15). The molecule has 0 aliphatic heterocycles. The van der Waals surface area contributed by atoms with Crippen molar-refractivity contribution in [3.63, 3.8) is 0 Å². The van der Waals surface area contributed by atoms with Crippen LogP contribution >= 0.6 is 36.2 Å². The van der Waals surface area contributed by atoms with Crippen LogP contribution in [0.3, 0.4) is 0 Å². The van der Waals surface area contributed by atoms with Crippen LogP contribution in [0.1, 0.15) is 5.56 Å². The summed E-state index contributed by atoms with van der Waals surface area (Å²) in [5, 5.41) is 0.748. The number of thioether (sulfide) groups is 1. The second-order valence-electron chi connectivity index (χ2n) is 3.08. The number of benzene rings is 1. The van der Waals surface area contributed by atoms with E-state index in [9.17, 15) is 0 Å². The lowest BCUT2D eigenvalue weighted by molar-refractivity contribution is 0.872. The van der Waals surface area contributed by atoms with Crippen LogP contribution in [0.15, 0.2) is 35.5 Å². The van der Waals surface area contributed by atoms with Crippen LogP contribution in [0.25, 0.3) is 0 Å². The molecule has 6 heteroatoms. The van der Waals surface area contributed by atoms with E-state index in [2.05, 4.69) is 27.1 Å².